The molecule has 2 N–H and O–H groups in total. The quantitative estimate of drug-likeness (QED) is 0.805. The number of carbonyl (C=O) groups excluding carboxylic acids is 3. The number of nitrogens with zero attached hydrogens (tertiary/aromatic N) is 1. The highest BCUT2D eigenvalue weighted by molar-refractivity contribution is 6.09. The molecular formula is C17H22FN3O3. The Bertz CT molecular complexity index is 660. The van der Waals surface area contributed by atoms with Gasteiger partial charge < -0.3 is 10.6 Å². The molecule has 1 aromatic rings. The Labute approximate surface area is 140 Å². The third-order valence-electron chi connectivity index (χ3n) is 4.39. The molecule has 0 saturated carbocycles. The van der Waals surface area contributed by atoms with Crippen LogP contribution in [0.5, 0.6) is 0 Å². The van der Waals surface area contributed by atoms with Crippen molar-refractivity contribution in [1.82, 2.24) is 15.5 Å². The Balaban J connectivity index is 2.14. The number of halogens is 1. The summed E-state index contributed by atoms with van der Waals surface area (Å²) in [6.07, 6.45) is 0. The molecule has 4 amide bonds. The van der Waals surface area contributed by atoms with Crippen LogP contribution in [0.4, 0.5) is 9.18 Å². The van der Waals surface area contributed by atoms with Crippen LogP contribution in [0.2, 0.25) is 0 Å². The van der Waals surface area contributed by atoms with Crippen molar-refractivity contribution in [2.75, 3.05) is 6.54 Å². The van der Waals surface area contributed by atoms with Gasteiger partial charge in [-0.1, -0.05) is 26.0 Å². The summed E-state index contributed by atoms with van der Waals surface area (Å²) in [7, 11) is 0. The first-order valence-corrected chi connectivity index (χ1v) is 7.84. The Morgan fingerprint density at radius 2 is 1.83 bits per heavy atom. The molecule has 0 aliphatic carbocycles. The fourth-order valence-electron chi connectivity index (χ4n) is 2.43. The maximum Gasteiger partial charge on any atom is 0.325 e. The van der Waals surface area contributed by atoms with Gasteiger partial charge in [-0.3, -0.25) is 14.5 Å². The zero-order chi connectivity index (χ0) is 18.1. The molecule has 0 spiro atoms. The summed E-state index contributed by atoms with van der Waals surface area (Å²) in [4.78, 5) is 37.7. The van der Waals surface area contributed by atoms with Crippen molar-refractivity contribution in [3.8, 4) is 0 Å². The van der Waals surface area contributed by atoms with E-state index in [2.05, 4.69) is 10.6 Å². The fraction of sp³-hybridized carbons (Fsp3) is 0.471. The zero-order valence-corrected chi connectivity index (χ0v) is 14.2. The summed E-state index contributed by atoms with van der Waals surface area (Å²) in [5.74, 6) is -1.13. The van der Waals surface area contributed by atoms with Crippen molar-refractivity contribution in [3.63, 3.8) is 0 Å². The van der Waals surface area contributed by atoms with Crippen molar-refractivity contribution in [3.05, 3.63) is 35.6 Å². The molecule has 2 atom stereocenters. The zero-order valence-electron chi connectivity index (χ0n) is 14.2. The van der Waals surface area contributed by atoms with E-state index in [1.54, 1.807) is 0 Å². The van der Waals surface area contributed by atoms with Crippen LogP contribution in [-0.2, 0) is 15.1 Å². The lowest BCUT2D eigenvalue weighted by molar-refractivity contribution is -0.135. The number of carbonyl (C=O) groups is 3. The molecule has 2 rings (SSSR count). The van der Waals surface area contributed by atoms with E-state index in [4.69, 9.17) is 0 Å². The summed E-state index contributed by atoms with van der Waals surface area (Å²) in [5.41, 5.74) is -0.852. The number of benzene rings is 1. The average molecular weight is 335 g/mol. The van der Waals surface area contributed by atoms with Crippen molar-refractivity contribution >= 4 is 17.8 Å². The highest BCUT2D eigenvalue weighted by Gasteiger charge is 2.49. The minimum Gasteiger partial charge on any atom is -0.352 e. The van der Waals surface area contributed by atoms with Gasteiger partial charge in [-0.05, 0) is 37.5 Å². The summed E-state index contributed by atoms with van der Waals surface area (Å²) in [6, 6.07) is 4.62. The monoisotopic (exact) mass is 335 g/mol. The van der Waals surface area contributed by atoms with Crippen LogP contribution in [0.25, 0.3) is 0 Å². The van der Waals surface area contributed by atoms with Gasteiger partial charge in [0, 0.05) is 6.04 Å². The molecule has 1 saturated heterocycles. The number of rotatable bonds is 5. The van der Waals surface area contributed by atoms with Crippen molar-refractivity contribution in [2.45, 2.75) is 39.3 Å². The summed E-state index contributed by atoms with van der Waals surface area (Å²) in [5, 5.41) is 5.34. The van der Waals surface area contributed by atoms with E-state index >= 15 is 0 Å². The molecule has 7 heteroatoms. The van der Waals surface area contributed by atoms with Gasteiger partial charge >= 0.3 is 6.03 Å². The van der Waals surface area contributed by atoms with Crippen LogP contribution in [0.1, 0.15) is 33.3 Å². The van der Waals surface area contributed by atoms with E-state index in [0.29, 0.717) is 5.56 Å². The van der Waals surface area contributed by atoms with E-state index < -0.39 is 29.2 Å². The van der Waals surface area contributed by atoms with Gasteiger partial charge in [0.25, 0.3) is 5.91 Å². The number of imide groups is 1. The van der Waals surface area contributed by atoms with Gasteiger partial charge in [0.1, 0.15) is 17.9 Å². The average Bonchev–Trinajstić information content (AvgIpc) is 2.72. The van der Waals surface area contributed by atoms with Crippen molar-refractivity contribution in [1.29, 1.82) is 0 Å². The molecule has 1 aliphatic heterocycles. The smallest absolute Gasteiger partial charge is 0.325 e. The summed E-state index contributed by atoms with van der Waals surface area (Å²) in [6.45, 7) is 6.97. The van der Waals surface area contributed by atoms with Crippen LogP contribution in [0.3, 0.4) is 0 Å². The second kappa shape index (κ2) is 6.59. The minimum atomic E-state index is -1.31. The number of urea groups is 1. The predicted octanol–water partition coefficient (Wildman–Crippen LogP) is 1.75. The SMILES string of the molecule is CC(C)C(C)NC(=O)CN1C(=O)NC(C)(c2ccc(F)cc2)C1=O. The van der Waals surface area contributed by atoms with Gasteiger partial charge in [-0.15, -0.1) is 0 Å². The largest absolute Gasteiger partial charge is 0.352 e. The topological polar surface area (TPSA) is 78.5 Å². The Morgan fingerprint density at radius 1 is 1.25 bits per heavy atom. The molecule has 1 aromatic carbocycles. The lowest BCUT2D eigenvalue weighted by Gasteiger charge is -2.22. The molecule has 130 valence electrons. The molecule has 1 fully saturated rings. The third-order valence-corrected chi connectivity index (χ3v) is 4.39. The van der Waals surface area contributed by atoms with Crippen LogP contribution >= 0.6 is 0 Å². The standard InChI is InChI=1S/C17H22FN3O3/c1-10(2)11(3)19-14(22)9-21-15(23)17(4,20-16(21)24)12-5-7-13(18)8-6-12/h5-8,10-11H,9H2,1-4H3,(H,19,22)(H,20,24). The molecule has 24 heavy (non-hydrogen) atoms. The van der Waals surface area contributed by atoms with E-state index in [-0.39, 0.29) is 18.5 Å². The lowest BCUT2D eigenvalue weighted by atomic mass is 9.92. The maximum atomic E-state index is 13.1. The van der Waals surface area contributed by atoms with Crippen LogP contribution < -0.4 is 10.6 Å². The fourth-order valence-corrected chi connectivity index (χ4v) is 2.43. The molecule has 0 bridgehead atoms. The van der Waals surface area contributed by atoms with E-state index in [9.17, 15) is 18.8 Å². The molecular weight excluding hydrogens is 313 g/mol. The molecule has 1 heterocycles. The van der Waals surface area contributed by atoms with Gasteiger partial charge in [-0.2, -0.15) is 0 Å². The van der Waals surface area contributed by atoms with Crippen LogP contribution in [0.15, 0.2) is 24.3 Å². The predicted molar refractivity (Wildman–Crippen MR) is 86.4 cm³/mol. The van der Waals surface area contributed by atoms with Crippen molar-refractivity contribution < 1.29 is 18.8 Å². The number of amides is 4. The van der Waals surface area contributed by atoms with E-state index in [1.807, 2.05) is 20.8 Å². The van der Waals surface area contributed by atoms with E-state index in [1.165, 1.54) is 31.2 Å². The number of hydrogen-bond acceptors (Lipinski definition) is 3. The maximum absolute atomic E-state index is 13.1. The Hall–Kier alpha value is -2.44. The highest BCUT2D eigenvalue weighted by atomic mass is 19.1. The minimum absolute atomic E-state index is 0.0678. The Kier molecular flexibility index (Phi) is 4.91. The first kappa shape index (κ1) is 17.9. The molecule has 1 aliphatic rings. The van der Waals surface area contributed by atoms with Gasteiger partial charge in [0.2, 0.25) is 5.91 Å². The summed E-state index contributed by atoms with van der Waals surface area (Å²) >= 11 is 0. The van der Waals surface area contributed by atoms with Crippen LogP contribution in [-0.4, -0.2) is 35.3 Å². The second-order valence-corrected chi connectivity index (χ2v) is 6.55. The molecule has 6 nitrogen and oxygen atoms in total. The lowest BCUT2D eigenvalue weighted by Crippen LogP contribution is -2.46. The van der Waals surface area contributed by atoms with E-state index in [0.717, 1.165) is 4.90 Å². The first-order chi connectivity index (χ1) is 11.1. The highest BCUT2D eigenvalue weighted by Crippen LogP contribution is 2.28. The van der Waals surface area contributed by atoms with Crippen LogP contribution in [0, 0.1) is 11.7 Å². The first-order valence-electron chi connectivity index (χ1n) is 7.84. The Morgan fingerprint density at radius 3 is 2.38 bits per heavy atom. The van der Waals surface area contributed by atoms with Crippen molar-refractivity contribution in [2.24, 2.45) is 5.92 Å². The molecule has 2 unspecified atom stereocenters. The number of nitrogens with one attached hydrogen (secondary N) is 2. The van der Waals surface area contributed by atoms with Gasteiger partial charge in [0.05, 0.1) is 0 Å². The molecule has 0 radical (unpaired) electrons. The normalized spacial score (nSPS) is 21.8. The summed E-state index contributed by atoms with van der Waals surface area (Å²) < 4.78 is 13.1. The van der Waals surface area contributed by atoms with Gasteiger partial charge in [-0.25, -0.2) is 9.18 Å². The number of hydrogen-bond donors (Lipinski definition) is 2. The third kappa shape index (κ3) is 3.39. The second-order valence-electron chi connectivity index (χ2n) is 6.55. The molecule has 0 aromatic heterocycles. The van der Waals surface area contributed by atoms with Gasteiger partial charge in [0.15, 0.2) is 0 Å².